The quantitative estimate of drug-likeness (QED) is 0.0458. The molecule has 306 valence electrons. The molecule has 8 atom stereocenters. The second-order valence-corrected chi connectivity index (χ2v) is 14.7. The summed E-state index contributed by atoms with van der Waals surface area (Å²) in [7, 11) is 0. The van der Waals surface area contributed by atoms with Crippen LogP contribution in [0.15, 0.2) is 36.0 Å². The molecule has 1 spiro atoms. The normalized spacial score (nSPS) is 28.8. The number of nitrogens with one attached hydrogen (secondary N) is 2. The van der Waals surface area contributed by atoms with Gasteiger partial charge in [-0.25, -0.2) is 4.79 Å². The van der Waals surface area contributed by atoms with E-state index >= 15 is 0 Å². The number of hydrogen-bond donors (Lipinski definition) is 2. The highest BCUT2D eigenvalue weighted by Crippen LogP contribution is 2.43. The van der Waals surface area contributed by atoms with Gasteiger partial charge < -0.3 is 43.9 Å². The lowest BCUT2D eigenvalue weighted by Crippen LogP contribution is -2.50. The third kappa shape index (κ3) is 15.2. The molecule has 0 radical (unpaired) electrons. The van der Waals surface area contributed by atoms with Gasteiger partial charge in [-0.15, -0.1) is 5.06 Å². The van der Waals surface area contributed by atoms with Crippen LogP contribution in [0.1, 0.15) is 86.0 Å². The molecular formula is C39H57N3O13. The number of hydrogen-bond acceptors (Lipinski definition) is 13. The summed E-state index contributed by atoms with van der Waals surface area (Å²) in [5.74, 6) is -2.36. The first-order chi connectivity index (χ1) is 26.2. The van der Waals surface area contributed by atoms with Crippen molar-refractivity contribution in [3.8, 4) is 0 Å². The zero-order chi connectivity index (χ0) is 40.0. The first-order valence-electron chi connectivity index (χ1n) is 19.2. The molecule has 4 heterocycles. The maximum absolute atomic E-state index is 12.7. The van der Waals surface area contributed by atoms with Crippen molar-refractivity contribution < 1.29 is 62.0 Å². The van der Waals surface area contributed by atoms with Gasteiger partial charge in [0.2, 0.25) is 11.8 Å². The number of allylic oxidation sites excluding steroid dienone is 2. The summed E-state index contributed by atoms with van der Waals surface area (Å²) < 4.78 is 34.2. The number of amides is 4. The van der Waals surface area contributed by atoms with Crippen molar-refractivity contribution in [2.75, 3.05) is 39.6 Å². The number of ether oxygens (including phenoxy) is 6. The summed E-state index contributed by atoms with van der Waals surface area (Å²) >= 11 is 0. The van der Waals surface area contributed by atoms with Gasteiger partial charge >= 0.3 is 11.9 Å². The Balaban J connectivity index is 1.08. The van der Waals surface area contributed by atoms with Crippen LogP contribution in [-0.4, -0.2) is 122 Å². The number of rotatable bonds is 20. The molecule has 4 amide bonds. The van der Waals surface area contributed by atoms with Gasteiger partial charge in [0.25, 0.3) is 11.8 Å². The predicted molar refractivity (Wildman–Crippen MR) is 196 cm³/mol. The van der Waals surface area contributed by atoms with Gasteiger partial charge in [-0.2, -0.15) is 0 Å². The molecule has 4 aliphatic rings. The highest BCUT2D eigenvalue weighted by molar-refractivity contribution is 6.01. The molecule has 16 heteroatoms. The van der Waals surface area contributed by atoms with Crippen molar-refractivity contribution in [1.82, 2.24) is 15.7 Å². The molecule has 4 rings (SSSR count). The molecule has 4 aliphatic heterocycles. The maximum atomic E-state index is 12.7. The van der Waals surface area contributed by atoms with Crippen LogP contribution in [0.5, 0.6) is 0 Å². The van der Waals surface area contributed by atoms with Gasteiger partial charge in [0, 0.05) is 45.2 Å². The third-order valence-corrected chi connectivity index (χ3v) is 9.76. The van der Waals surface area contributed by atoms with E-state index < -0.39 is 29.9 Å². The Kier molecular flexibility index (Phi) is 17.0. The SMILES string of the molecule is CC(=O)OC(C)C=CC(=O)N[C@@H]1C[C@H](C)[C@H](C/C=C(C)/C=C/[C@@H]2C[C@]3(CO3)C[C@@H](CC(=O)NCCOCCOCCC(=O)ON3C(=O)CCC3=O)O2)O[C@@H]1C. The van der Waals surface area contributed by atoms with Crippen LogP contribution >= 0.6 is 0 Å². The van der Waals surface area contributed by atoms with Gasteiger partial charge in [-0.3, -0.25) is 24.0 Å². The zero-order valence-corrected chi connectivity index (χ0v) is 32.6. The number of carbonyl (C=O) groups excluding carboxylic acids is 6. The summed E-state index contributed by atoms with van der Waals surface area (Å²) in [5.41, 5.74) is 0.823. The summed E-state index contributed by atoms with van der Waals surface area (Å²) in [5, 5.41) is 6.37. The minimum absolute atomic E-state index is 0.00773. The molecule has 0 saturated carbocycles. The third-order valence-electron chi connectivity index (χ3n) is 9.76. The van der Waals surface area contributed by atoms with Crippen molar-refractivity contribution >= 4 is 35.6 Å². The van der Waals surface area contributed by atoms with Crippen molar-refractivity contribution in [2.45, 2.75) is 128 Å². The van der Waals surface area contributed by atoms with Crippen LogP contribution in [0.4, 0.5) is 0 Å². The molecule has 0 aromatic carbocycles. The Hall–Kier alpha value is -3.96. The fourth-order valence-corrected chi connectivity index (χ4v) is 6.70. The van der Waals surface area contributed by atoms with Gasteiger partial charge in [-0.1, -0.05) is 30.7 Å². The molecule has 0 aromatic rings. The summed E-state index contributed by atoms with van der Waals surface area (Å²) in [6, 6.07) is -0.129. The van der Waals surface area contributed by atoms with E-state index in [9.17, 15) is 28.8 Å². The van der Waals surface area contributed by atoms with E-state index in [2.05, 4.69) is 23.6 Å². The van der Waals surface area contributed by atoms with E-state index in [0.717, 1.165) is 24.8 Å². The average Bonchev–Trinajstić information content (AvgIpc) is 3.79. The molecular weight excluding hydrogens is 718 g/mol. The number of esters is 1. The largest absolute Gasteiger partial charge is 0.459 e. The molecule has 0 bridgehead atoms. The van der Waals surface area contributed by atoms with Gasteiger partial charge in [0.1, 0.15) is 6.10 Å². The van der Waals surface area contributed by atoms with Crippen LogP contribution in [0.25, 0.3) is 0 Å². The predicted octanol–water partition coefficient (Wildman–Crippen LogP) is 2.54. The van der Waals surface area contributed by atoms with E-state index in [-0.39, 0.29) is 106 Å². The summed E-state index contributed by atoms with van der Waals surface area (Å²) in [6.45, 7) is 10.9. The van der Waals surface area contributed by atoms with E-state index in [4.69, 9.17) is 33.3 Å². The molecule has 4 fully saturated rings. The summed E-state index contributed by atoms with van der Waals surface area (Å²) in [4.78, 5) is 75.8. The number of carbonyl (C=O) groups is 6. The Bertz CT molecular complexity index is 1440. The van der Waals surface area contributed by atoms with E-state index in [1.54, 1.807) is 13.0 Å². The lowest BCUT2D eigenvalue weighted by molar-refractivity contribution is -0.198. The first kappa shape index (κ1) is 43.8. The number of epoxide rings is 1. The lowest BCUT2D eigenvalue weighted by Gasteiger charge is -2.39. The fourth-order valence-electron chi connectivity index (χ4n) is 6.70. The van der Waals surface area contributed by atoms with Crippen LogP contribution in [0.3, 0.4) is 0 Å². The molecule has 16 nitrogen and oxygen atoms in total. The van der Waals surface area contributed by atoms with Crippen molar-refractivity contribution in [1.29, 1.82) is 0 Å². The number of hydroxylamine groups is 2. The van der Waals surface area contributed by atoms with Crippen molar-refractivity contribution in [2.24, 2.45) is 5.92 Å². The topological polar surface area (TPSA) is 198 Å². The molecule has 0 aromatic heterocycles. The molecule has 2 N–H and O–H groups in total. The highest BCUT2D eigenvalue weighted by atomic mass is 16.7. The van der Waals surface area contributed by atoms with E-state index in [1.165, 1.54) is 13.0 Å². The number of imide groups is 1. The highest BCUT2D eigenvalue weighted by Gasteiger charge is 2.51. The number of nitrogens with zero attached hydrogens (tertiary/aromatic N) is 1. The zero-order valence-electron chi connectivity index (χ0n) is 32.6. The van der Waals surface area contributed by atoms with Crippen LogP contribution in [0, 0.1) is 5.92 Å². The molecule has 4 saturated heterocycles. The minimum Gasteiger partial charge on any atom is -0.459 e. The van der Waals surface area contributed by atoms with Crippen molar-refractivity contribution in [3.63, 3.8) is 0 Å². The Morgan fingerprint density at radius 1 is 0.982 bits per heavy atom. The Labute approximate surface area is 322 Å². The van der Waals surface area contributed by atoms with Crippen LogP contribution < -0.4 is 10.6 Å². The monoisotopic (exact) mass is 775 g/mol. The lowest BCUT2D eigenvalue weighted by atomic mass is 9.88. The van der Waals surface area contributed by atoms with Crippen LogP contribution in [0.2, 0.25) is 0 Å². The first-order valence-corrected chi connectivity index (χ1v) is 19.2. The molecule has 1 unspecified atom stereocenters. The smallest absolute Gasteiger partial charge is 0.335 e. The van der Waals surface area contributed by atoms with Gasteiger partial charge in [-0.05, 0) is 45.6 Å². The second kappa shape index (κ2) is 21.4. The minimum atomic E-state index is -0.727. The van der Waals surface area contributed by atoms with Gasteiger partial charge in [0.05, 0.1) is 81.9 Å². The van der Waals surface area contributed by atoms with E-state index in [0.29, 0.717) is 24.6 Å². The fraction of sp³-hybridized carbons (Fsp3) is 0.692. The average molecular weight is 776 g/mol. The van der Waals surface area contributed by atoms with Crippen LogP contribution in [-0.2, 0) is 62.0 Å². The molecule has 55 heavy (non-hydrogen) atoms. The standard InChI is InChI=1S/C39H57N3O13/c1-25(7-10-33-26(2)20-32(28(4)53-33)41-34(44)11-8-27(3)52-29(5)43)6-9-30-22-39(24-51-39)23-31(54-30)21-35(45)40-15-17-50-19-18-49-16-14-38(48)55-42-36(46)12-13-37(42)47/h6-9,11,26-28,30-33H,10,12-24H2,1-5H3,(H,40,45)(H,41,44)/b9-6+,11-8?,25-7+/t26-,27?,28+,30+,31+,32+,33-,39+/m0/s1. The van der Waals surface area contributed by atoms with E-state index in [1.807, 2.05) is 26.0 Å². The van der Waals surface area contributed by atoms with Crippen molar-refractivity contribution in [3.05, 3.63) is 36.0 Å². The molecule has 0 aliphatic carbocycles. The Morgan fingerprint density at radius 2 is 1.69 bits per heavy atom. The summed E-state index contributed by atoms with van der Waals surface area (Å²) in [6.07, 6.45) is 11.1. The second-order valence-electron chi connectivity index (χ2n) is 14.7. The van der Waals surface area contributed by atoms with Gasteiger partial charge in [0.15, 0.2) is 0 Å². The maximum Gasteiger partial charge on any atom is 0.335 e. The Morgan fingerprint density at radius 3 is 2.38 bits per heavy atom.